The zero-order valence-corrected chi connectivity index (χ0v) is 14.7. The number of hydrogen-bond donors (Lipinski definition) is 1. The van der Waals surface area contributed by atoms with E-state index in [1.165, 1.54) is 5.39 Å². The molecule has 2 aromatic carbocycles. The van der Waals surface area contributed by atoms with E-state index in [0.717, 1.165) is 48.1 Å². The first-order chi connectivity index (χ1) is 11.1. The van der Waals surface area contributed by atoms with E-state index in [9.17, 15) is 5.11 Å². The summed E-state index contributed by atoms with van der Waals surface area (Å²) in [6.45, 7) is 7.69. The molecule has 0 spiro atoms. The molecule has 0 aliphatic carbocycles. The minimum Gasteiger partial charge on any atom is -0.491 e. The fourth-order valence-corrected chi connectivity index (χ4v) is 3.39. The first-order valence-electron chi connectivity index (χ1n) is 8.69. The van der Waals surface area contributed by atoms with Crippen molar-refractivity contribution < 1.29 is 14.3 Å². The number of benzene rings is 2. The summed E-state index contributed by atoms with van der Waals surface area (Å²) in [5, 5.41) is 12.7. The summed E-state index contributed by atoms with van der Waals surface area (Å²) in [4.78, 5) is 0. The van der Waals surface area contributed by atoms with Gasteiger partial charge in [0.15, 0.2) is 0 Å². The van der Waals surface area contributed by atoms with Crippen molar-refractivity contribution in [3.8, 4) is 5.75 Å². The molecule has 0 unspecified atom stereocenters. The fraction of sp³-hybridized carbons (Fsp3) is 0.500. The standard InChI is InChI=1S/C20H30NO2/c1-4-12-21(3,13-5-2)15-19(22)16-23-20-11-10-17-8-6-7-9-18(17)14-20/h6-11,14,19,22H,4-5,12-13,15-16H2,1-3H3/q+1/t19-/m1/s1. The maximum Gasteiger partial charge on any atom is 0.137 e. The van der Waals surface area contributed by atoms with Gasteiger partial charge in [-0.3, -0.25) is 0 Å². The monoisotopic (exact) mass is 316 g/mol. The van der Waals surface area contributed by atoms with E-state index in [-0.39, 0.29) is 0 Å². The lowest BCUT2D eigenvalue weighted by Crippen LogP contribution is -2.51. The molecule has 0 saturated carbocycles. The van der Waals surface area contributed by atoms with Gasteiger partial charge in [0, 0.05) is 0 Å². The molecule has 0 aromatic heterocycles. The summed E-state index contributed by atoms with van der Waals surface area (Å²) < 4.78 is 6.73. The molecule has 0 aliphatic rings. The van der Waals surface area contributed by atoms with Crippen LogP contribution in [0.1, 0.15) is 26.7 Å². The quantitative estimate of drug-likeness (QED) is 0.712. The highest BCUT2D eigenvalue weighted by atomic mass is 16.5. The zero-order valence-electron chi connectivity index (χ0n) is 14.7. The molecule has 0 aliphatic heterocycles. The Labute approximate surface area is 140 Å². The highest BCUT2D eigenvalue weighted by Gasteiger charge is 2.24. The molecule has 23 heavy (non-hydrogen) atoms. The van der Waals surface area contributed by atoms with Gasteiger partial charge in [0.25, 0.3) is 0 Å². The molecular weight excluding hydrogens is 286 g/mol. The number of rotatable bonds is 9. The molecule has 0 radical (unpaired) electrons. The fourth-order valence-electron chi connectivity index (χ4n) is 3.39. The van der Waals surface area contributed by atoms with E-state index in [2.05, 4.69) is 39.1 Å². The highest BCUT2D eigenvalue weighted by molar-refractivity contribution is 5.83. The molecule has 3 heteroatoms. The number of aliphatic hydroxyl groups is 1. The van der Waals surface area contributed by atoms with E-state index in [1.807, 2.05) is 24.3 Å². The van der Waals surface area contributed by atoms with E-state index in [4.69, 9.17) is 4.74 Å². The minimum absolute atomic E-state index is 0.347. The Morgan fingerprint density at radius 2 is 1.65 bits per heavy atom. The van der Waals surface area contributed by atoms with Crippen molar-refractivity contribution in [2.24, 2.45) is 0 Å². The topological polar surface area (TPSA) is 29.5 Å². The average Bonchev–Trinajstić information content (AvgIpc) is 2.53. The number of likely N-dealkylation sites (N-methyl/N-ethyl adjacent to an activating group) is 1. The van der Waals surface area contributed by atoms with Crippen LogP contribution in [-0.2, 0) is 0 Å². The van der Waals surface area contributed by atoms with Crippen LogP contribution in [0.15, 0.2) is 42.5 Å². The third-order valence-electron chi connectivity index (χ3n) is 4.34. The molecule has 126 valence electrons. The smallest absolute Gasteiger partial charge is 0.137 e. The Morgan fingerprint density at radius 3 is 2.30 bits per heavy atom. The van der Waals surface area contributed by atoms with Gasteiger partial charge in [-0.1, -0.05) is 44.2 Å². The molecule has 0 bridgehead atoms. The average molecular weight is 316 g/mol. The predicted octanol–water partition coefficient (Wildman–Crippen LogP) is 3.85. The first-order valence-corrected chi connectivity index (χ1v) is 8.69. The van der Waals surface area contributed by atoms with Gasteiger partial charge >= 0.3 is 0 Å². The Balaban J connectivity index is 1.93. The molecule has 3 nitrogen and oxygen atoms in total. The lowest BCUT2D eigenvalue weighted by molar-refractivity contribution is -0.912. The minimum atomic E-state index is -0.440. The SMILES string of the molecule is CCC[N+](C)(CCC)C[C@@H](O)COc1ccc2ccccc2c1. The van der Waals surface area contributed by atoms with Crippen molar-refractivity contribution in [2.45, 2.75) is 32.8 Å². The molecule has 0 saturated heterocycles. The second-order valence-corrected chi connectivity index (χ2v) is 6.72. The van der Waals surface area contributed by atoms with Crippen LogP contribution in [0.25, 0.3) is 10.8 Å². The molecule has 0 heterocycles. The van der Waals surface area contributed by atoms with E-state index < -0.39 is 6.10 Å². The van der Waals surface area contributed by atoms with Crippen LogP contribution in [0.3, 0.4) is 0 Å². The van der Waals surface area contributed by atoms with Crippen LogP contribution in [0.5, 0.6) is 5.75 Å². The third kappa shape index (κ3) is 5.22. The predicted molar refractivity (Wildman–Crippen MR) is 96.8 cm³/mol. The van der Waals surface area contributed by atoms with Crippen molar-refractivity contribution >= 4 is 10.8 Å². The van der Waals surface area contributed by atoms with Crippen LogP contribution in [0, 0.1) is 0 Å². The lowest BCUT2D eigenvalue weighted by atomic mass is 10.1. The van der Waals surface area contributed by atoms with Crippen molar-refractivity contribution in [3.05, 3.63) is 42.5 Å². The lowest BCUT2D eigenvalue weighted by Gasteiger charge is -2.35. The highest BCUT2D eigenvalue weighted by Crippen LogP contribution is 2.20. The van der Waals surface area contributed by atoms with Gasteiger partial charge < -0.3 is 14.3 Å². The van der Waals surface area contributed by atoms with Gasteiger partial charge in [-0.05, 0) is 35.7 Å². The Bertz CT molecular complexity index is 605. The van der Waals surface area contributed by atoms with Crippen LogP contribution in [-0.4, -0.2) is 49.0 Å². The zero-order chi connectivity index (χ0) is 16.7. The van der Waals surface area contributed by atoms with Crippen molar-refractivity contribution in [1.29, 1.82) is 0 Å². The Morgan fingerprint density at radius 1 is 1.00 bits per heavy atom. The molecule has 0 amide bonds. The van der Waals surface area contributed by atoms with Crippen LogP contribution < -0.4 is 4.74 Å². The molecule has 2 aromatic rings. The van der Waals surface area contributed by atoms with Crippen LogP contribution in [0.4, 0.5) is 0 Å². The molecule has 1 atom stereocenters. The van der Waals surface area contributed by atoms with Gasteiger partial charge in [-0.15, -0.1) is 0 Å². The van der Waals surface area contributed by atoms with Crippen LogP contribution >= 0.6 is 0 Å². The first kappa shape index (κ1) is 17.8. The summed E-state index contributed by atoms with van der Waals surface area (Å²) in [5.41, 5.74) is 0. The number of quaternary nitrogens is 1. The number of aliphatic hydroxyl groups excluding tert-OH is 1. The van der Waals surface area contributed by atoms with Gasteiger partial charge in [-0.25, -0.2) is 0 Å². The van der Waals surface area contributed by atoms with Crippen LogP contribution in [0.2, 0.25) is 0 Å². The summed E-state index contributed by atoms with van der Waals surface area (Å²) in [7, 11) is 2.23. The van der Waals surface area contributed by atoms with E-state index in [0.29, 0.717) is 6.61 Å². The molecular formula is C20H30NO2+. The van der Waals surface area contributed by atoms with Crippen molar-refractivity contribution in [1.82, 2.24) is 0 Å². The normalized spacial score (nSPS) is 13.2. The summed E-state index contributed by atoms with van der Waals surface area (Å²) in [5.74, 6) is 0.822. The van der Waals surface area contributed by atoms with Crippen molar-refractivity contribution in [2.75, 3.05) is 33.3 Å². The largest absolute Gasteiger partial charge is 0.491 e. The molecule has 1 N–H and O–H groups in total. The number of fused-ring (bicyclic) bond motifs is 1. The molecule has 2 rings (SSSR count). The summed E-state index contributed by atoms with van der Waals surface area (Å²) >= 11 is 0. The number of ether oxygens (including phenoxy) is 1. The summed E-state index contributed by atoms with van der Waals surface area (Å²) in [6.07, 6.45) is 1.83. The maximum absolute atomic E-state index is 10.4. The second-order valence-electron chi connectivity index (χ2n) is 6.72. The van der Waals surface area contributed by atoms with E-state index in [1.54, 1.807) is 0 Å². The number of nitrogens with zero attached hydrogens (tertiary/aromatic N) is 1. The third-order valence-corrected chi connectivity index (χ3v) is 4.34. The van der Waals surface area contributed by atoms with Crippen molar-refractivity contribution in [3.63, 3.8) is 0 Å². The second kappa shape index (κ2) is 8.32. The molecule has 0 fully saturated rings. The van der Waals surface area contributed by atoms with Gasteiger partial charge in [0.1, 0.15) is 25.0 Å². The van der Waals surface area contributed by atoms with E-state index >= 15 is 0 Å². The van der Waals surface area contributed by atoms with Gasteiger partial charge in [0.2, 0.25) is 0 Å². The Kier molecular flexibility index (Phi) is 6.43. The van der Waals surface area contributed by atoms with Gasteiger partial charge in [0.05, 0.1) is 20.1 Å². The summed E-state index contributed by atoms with van der Waals surface area (Å²) in [6, 6.07) is 14.3. The Hall–Kier alpha value is -1.58. The maximum atomic E-state index is 10.4. The van der Waals surface area contributed by atoms with Gasteiger partial charge in [-0.2, -0.15) is 0 Å². The number of hydrogen-bond acceptors (Lipinski definition) is 2.